The normalized spacial score (nSPS) is 11.4. The molecule has 0 fully saturated rings. The average molecular weight is 273 g/mol. The van der Waals surface area contributed by atoms with Crippen molar-refractivity contribution in [2.45, 2.75) is 13.3 Å². The highest BCUT2D eigenvalue weighted by atomic mass is 19.3. The third kappa shape index (κ3) is 3.25. The SMILES string of the molecule is Cc1nc(NCCOCC(F)F)cc2n[nH]c(=O)n12. The van der Waals surface area contributed by atoms with Gasteiger partial charge < -0.3 is 10.1 Å². The van der Waals surface area contributed by atoms with Crippen molar-refractivity contribution in [1.29, 1.82) is 0 Å². The minimum Gasteiger partial charge on any atom is -0.374 e. The second kappa shape index (κ2) is 5.74. The van der Waals surface area contributed by atoms with E-state index in [1.54, 1.807) is 13.0 Å². The Labute approximate surface area is 106 Å². The summed E-state index contributed by atoms with van der Waals surface area (Å²) in [5.41, 5.74) is 0.0836. The standard InChI is InChI=1S/C10H13F2N5O2/c1-6-14-8(13-2-3-19-5-7(11)12)4-9-15-16-10(18)17(6)9/h4,7,13H,2-3,5H2,1H3,(H,16,18). The lowest BCUT2D eigenvalue weighted by atomic mass is 10.5. The van der Waals surface area contributed by atoms with Gasteiger partial charge >= 0.3 is 5.69 Å². The van der Waals surface area contributed by atoms with Crippen molar-refractivity contribution in [3.63, 3.8) is 0 Å². The van der Waals surface area contributed by atoms with Gasteiger partial charge in [0.25, 0.3) is 6.43 Å². The number of halogens is 2. The molecular formula is C10H13F2N5O2. The van der Waals surface area contributed by atoms with Gasteiger partial charge in [0.2, 0.25) is 0 Å². The van der Waals surface area contributed by atoms with Crippen LogP contribution in [0.1, 0.15) is 5.82 Å². The van der Waals surface area contributed by atoms with E-state index in [0.29, 0.717) is 23.8 Å². The largest absolute Gasteiger partial charge is 0.374 e. The van der Waals surface area contributed by atoms with Gasteiger partial charge in [0.1, 0.15) is 18.2 Å². The third-order valence-corrected chi connectivity index (χ3v) is 2.37. The Bertz CT molecular complexity index is 609. The summed E-state index contributed by atoms with van der Waals surface area (Å²) in [5.74, 6) is 0.983. The number of anilines is 1. The van der Waals surface area contributed by atoms with Gasteiger partial charge in [0, 0.05) is 12.6 Å². The van der Waals surface area contributed by atoms with Crippen LogP contribution in [0.25, 0.3) is 5.65 Å². The van der Waals surface area contributed by atoms with Gasteiger partial charge in [0.05, 0.1) is 6.61 Å². The number of hydrogen-bond donors (Lipinski definition) is 2. The lowest BCUT2D eigenvalue weighted by molar-refractivity contribution is 0.0215. The molecule has 0 spiro atoms. The van der Waals surface area contributed by atoms with Crippen LogP contribution < -0.4 is 11.0 Å². The Morgan fingerprint density at radius 1 is 1.58 bits per heavy atom. The monoisotopic (exact) mass is 273 g/mol. The van der Waals surface area contributed by atoms with Gasteiger partial charge in [-0.25, -0.2) is 28.1 Å². The fraction of sp³-hybridized carbons (Fsp3) is 0.500. The van der Waals surface area contributed by atoms with E-state index in [2.05, 4.69) is 20.5 Å². The lowest BCUT2D eigenvalue weighted by Gasteiger charge is -2.07. The van der Waals surface area contributed by atoms with Crippen LogP contribution in [0, 0.1) is 6.92 Å². The number of nitrogens with one attached hydrogen (secondary N) is 2. The van der Waals surface area contributed by atoms with Crippen LogP contribution in [0.15, 0.2) is 10.9 Å². The maximum Gasteiger partial charge on any atom is 0.349 e. The molecule has 0 saturated heterocycles. The molecule has 0 aliphatic rings. The summed E-state index contributed by atoms with van der Waals surface area (Å²) in [7, 11) is 0. The van der Waals surface area contributed by atoms with Crippen LogP contribution >= 0.6 is 0 Å². The summed E-state index contributed by atoms with van der Waals surface area (Å²) in [6.45, 7) is 1.57. The number of alkyl halides is 2. The molecule has 0 amide bonds. The molecule has 2 rings (SSSR count). The molecule has 0 unspecified atom stereocenters. The first kappa shape index (κ1) is 13.4. The van der Waals surface area contributed by atoms with Gasteiger partial charge in [-0.2, -0.15) is 5.10 Å². The van der Waals surface area contributed by atoms with Crippen LogP contribution in [0.4, 0.5) is 14.6 Å². The van der Waals surface area contributed by atoms with E-state index in [0.717, 1.165) is 0 Å². The van der Waals surface area contributed by atoms with Crippen molar-refractivity contribution in [2.75, 3.05) is 25.1 Å². The molecule has 9 heteroatoms. The summed E-state index contributed by atoms with van der Waals surface area (Å²) in [6, 6.07) is 1.58. The molecule has 104 valence electrons. The Hall–Kier alpha value is -2.03. The predicted molar refractivity (Wildman–Crippen MR) is 63.7 cm³/mol. The highest BCUT2D eigenvalue weighted by Gasteiger charge is 2.06. The van der Waals surface area contributed by atoms with Crippen molar-refractivity contribution in [3.8, 4) is 0 Å². The minimum atomic E-state index is -2.47. The Balaban J connectivity index is 1.96. The number of aromatic nitrogens is 4. The van der Waals surface area contributed by atoms with Gasteiger partial charge in [0.15, 0.2) is 5.65 Å². The first-order chi connectivity index (χ1) is 9.08. The van der Waals surface area contributed by atoms with Crippen molar-refractivity contribution >= 4 is 11.5 Å². The molecule has 2 aromatic rings. The summed E-state index contributed by atoms with van der Waals surface area (Å²) >= 11 is 0. The van der Waals surface area contributed by atoms with Gasteiger partial charge in [-0.15, -0.1) is 0 Å². The third-order valence-electron chi connectivity index (χ3n) is 2.37. The molecule has 2 heterocycles. The molecule has 7 nitrogen and oxygen atoms in total. The number of nitrogens with zero attached hydrogens (tertiary/aromatic N) is 3. The van der Waals surface area contributed by atoms with Gasteiger partial charge in [-0.1, -0.05) is 0 Å². The van der Waals surface area contributed by atoms with Crippen LogP contribution in [-0.2, 0) is 4.74 Å². The number of fused-ring (bicyclic) bond motifs is 1. The van der Waals surface area contributed by atoms with Crippen LogP contribution in [0.3, 0.4) is 0 Å². The lowest BCUT2D eigenvalue weighted by Crippen LogP contribution is -2.16. The number of H-pyrrole nitrogens is 1. The first-order valence-corrected chi connectivity index (χ1v) is 5.62. The molecule has 0 aromatic carbocycles. The van der Waals surface area contributed by atoms with E-state index >= 15 is 0 Å². The molecule has 2 aromatic heterocycles. The van der Waals surface area contributed by atoms with E-state index < -0.39 is 13.0 Å². The number of ether oxygens (including phenoxy) is 1. The maximum atomic E-state index is 11.8. The number of aryl methyl sites for hydroxylation is 1. The molecule has 0 aliphatic heterocycles. The van der Waals surface area contributed by atoms with Crippen molar-refractivity contribution in [2.24, 2.45) is 0 Å². The molecule has 19 heavy (non-hydrogen) atoms. The quantitative estimate of drug-likeness (QED) is 0.745. The number of rotatable bonds is 6. The summed E-state index contributed by atoms with van der Waals surface area (Å²) in [5, 5.41) is 9.05. The summed E-state index contributed by atoms with van der Waals surface area (Å²) in [6.07, 6.45) is -2.47. The van der Waals surface area contributed by atoms with Crippen LogP contribution in [0.2, 0.25) is 0 Å². The number of aromatic amines is 1. The summed E-state index contributed by atoms with van der Waals surface area (Å²) < 4.78 is 29.7. The van der Waals surface area contributed by atoms with Crippen molar-refractivity contribution < 1.29 is 13.5 Å². The van der Waals surface area contributed by atoms with Gasteiger partial charge in [-0.05, 0) is 6.92 Å². The topological polar surface area (TPSA) is 84.3 Å². The first-order valence-electron chi connectivity index (χ1n) is 5.62. The van der Waals surface area contributed by atoms with E-state index in [4.69, 9.17) is 4.74 Å². The number of hydrogen-bond acceptors (Lipinski definition) is 5. The molecule has 0 aliphatic carbocycles. The minimum absolute atomic E-state index is 0.142. The fourth-order valence-electron chi connectivity index (χ4n) is 1.61. The maximum absolute atomic E-state index is 11.8. The van der Waals surface area contributed by atoms with Crippen LogP contribution in [-0.4, -0.2) is 45.8 Å². The zero-order valence-corrected chi connectivity index (χ0v) is 10.2. The smallest absolute Gasteiger partial charge is 0.349 e. The van der Waals surface area contributed by atoms with E-state index in [-0.39, 0.29) is 12.3 Å². The highest BCUT2D eigenvalue weighted by molar-refractivity contribution is 5.49. The van der Waals surface area contributed by atoms with E-state index in [1.807, 2.05) is 0 Å². The van der Waals surface area contributed by atoms with Gasteiger partial charge in [-0.3, -0.25) is 0 Å². The summed E-state index contributed by atoms with van der Waals surface area (Å²) in [4.78, 5) is 15.5. The Morgan fingerprint density at radius 3 is 3.11 bits per heavy atom. The average Bonchev–Trinajstić information content (AvgIpc) is 2.70. The zero-order chi connectivity index (χ0) is 13.8. The van der Waals surface area contributed by atoms with E-state index in [9.17, 15) is 13.6 Å². The predicted octanol–water partition coefficient (Wildman–Crippen LogP) is 0.420. The second-order valence-corrected chi connectivity index (χ2v) is 3.80. The zero-order valence-electron chi connectivity index (χ0n) is 10.2. The molecule has 0 saturated carbocycles. The van der Waals surface area contributed by atoms with Crippen LogP contribution in [0.5, 0.6) is 0 Å². The second-order valence-electron chi connectivity index (χ2n) is 3.80. The Kier molecular flexibility index (Phi) is 4.05. The fourth-order valence-corrected chi connectivity index (χ4v) is 1.61. The molecular weight excluding hydrogens is 260 g/mol. The molecule has 2 N–H and O–H groups in total. The Morgan fingerprint density at radius 2 is 2.37 bits per heavy atom. The molecule has 0 atom stereocenters. The highest BCUT2D eigenvalue weighted by Crippen LogP contribution is 2.07. The molecule has 0 bridgehead atoms. The van der Waals surface area contributed by atoms with Crippen molar-refractivity contribution in [3.05, 3.63) is 22.4 Å². The van der Waals surface area contributed by atoms with E-state index in [1.165, 1.54) is 4.40 Å². The molecule has 0 radical (unpaired) electrons. The van der Waals surface area contributed by atoms with Crippen molar-refractivity contribution in [1.82, 2.24) is 19.6 Å².